The molecule has 1 aromatic rings. The lowest BCUT2D eigenvalue weighted by molar-refractivity contribution is -0.141. The third-order valence-electron chi connectivity index (χ3n) is 4.10. The molecule has 0 saturated carbocycles. The van der Waals surface area contributed by atoms with Crippen molar-refractivity contribution in [3.8, 4) is 0 Å². The predicted molar refractivity (Wildman–Crippen MR) is 92.8 cm³/mol. The number of carbonyl (C=O) groups excluding carboxylic acids is 3. The molecule has 7 nitrogen and oxygen atoms in total. The number of rotatable bonds is 5. The summed E-state index contributed by atoms with van der Waals surface area (Å²) in [6.45, 7) is 0.494. The van der Waals surface area contributed by atoms with E-state index in [2.05, 4.69) is 21.2 Å². The minimum absolute atomic E-state index is 0.0170. The number of nitrogens with zero attached hydrogens (tertiary/aromatic N) is 1. The largest absolute Gasteiger partial charge is 0.368 e. The van der Waals surface area contributed by atoms with E-state index in [4.69, 9.17) is 11.5 Å². The summed E-state index contributed by atoms with van der Waals surface area (Å²) in [5.41, 5.74) is 11.4. The molecule has 0 unspecified atom stereocenters. The average Bonchev–Trinajstić information content (AvgIpc) is 2.53. The first kappa shape index (κ1) is 18.3. The summed E-state index contributed by atoms with van der Waals surface area (Å²) < 4.78 is 0.830. The Balaban J connectivity index is 2.17. The summed E-state index contributed by atoms with van der Waals surface area (Å²) in [4.78, 5) is 37.1. The van der Waals surface area contributed by atoms with Gasteiger partial charge in [-0.2, -0.15) is 0 Å². The van der Waals surface area contributed by atoms with Crippen LogP contribution in [0.5, 0.6) is 0 Å². The molecule has 2 atom stereocenters. The lowest BCUT2D eigenvalue weighted by Gasteiger charge is -2.34. The van der Waals surface area contributed by atoms with E-state index in [0.717, 1.165) is 22.9 Å². The van der Waals surface area contributed by atoms with Crippen molar-refractivity contribution in [2.45, 2.75) is 37.8 Å². The van der Waals surface area contributed by atoms with Crippen LogP contribution in [-0.4, -0.2) is 35.3 Å². The standard InChI is InChI=1S/C16H21BrN4O3/c17-11-5-3-4-10(8-11)12(20-16(19)24)9-14(22)21-7-2-1-6-13(21)15(18)23/h3-5,8,12-13H,1-2,6-7,9H2,(H2,18,23)(H3,19,20,24)/t12-,13+/m1/s1. The first-order valence-corrected chi connectivity index (χ1v) is 8.58. The van der Waals surface area contributed by atoms with Gasteiger partial charge in [0.1, 0.15) is 6.04 Å². The van der Waals surface area contributed by atoms with Gasteiger partial charge in [-0.15, -0.1) is 0 Å². The van der Waals surface area contributed by atoms with Crippen LogP contribution in [0.1, 0.15) is 37.3 Å². The maximum atomic E-state index is 12.7. The second-order valence-electron chi connectivity index (χ2n) is 5.82. The quantitative estimate of drug-likeness (QED) is 0.697. The number of halogens is 1. The van der Waals surface area contributed by atoms with Crippen LogP contribution in [0.15, 0.2) is 28.7 Å². The fourth-order valence-electron chi connectivity index (χ4n) is 2.97. The van der Waals surface area contributed by atoms with Crippen molar-refractivity contribution in [1.29, 1.82) is 0 Å². The molecule has 1 fully saturated rings. The molecule has 8 heteroatoms. The monoisotopic (exact) mass is 396 g/mol. The van der Waals surface area contributed by atoms with Crippen LogP contribution in [0.4, 0.5) is 4.79 Å². The van der Waals surface area contributed by atoms with Crippen LogP contribution >= 0.6 is 15.9 Å². The smallest absolute Gasteiger partial charge is 0.312 e. The van der Waals surface area contributed by atoms with Gasteiger partial charge in [-0.1, -0.05) is 28.1 Å². The molecule has 0 aromatic heterocycles. The number of piperidine rings is 1. The van der Waals surface area contributed by atoms with E-state index < -0.39 is 24.0 Å². The second-order valence-corrected chi connectivity index (χ2v) is 6.74. The Labute approximate surface area is 148 Å². The number of likely N-dealkylation sites (tertiary alicyclic amines) is 1. The Bertz CT molecular complexity index is 638. The number of urea groups is 1. The molecule has 1 aromatic carbocycles. The van der Waals surface area contributed by atoms with Crippen LogP contribution in [0.25, 0.3) is 0 Å². The minimum atomic E-state index is -0.710. The number of nitrogens with one attached hydrogen (secondary N) is 1. The van der Waals surface area contributed by atoms with Crippen LogP contribution in [-0.2, 0) is 9.59 Å². The fourth-order valence-corrected chi connectivity index (χ4v) is 3.38. The maximum absolute atomic E-state index is 12.7. The molecular formula is C16H21BrN4O3. The van der Waals surface area contributed by atoms with Crippen LogP contribution in [0, 0.1) is 0 Å². The number of benzene rings is 1. The Morgan fingerprint density at radius 3 is 2.67 bits per heavy atom. The zero-order valence-electron chi connectivity index (χ0n) is 13.2. The highest BCUT2D eigenvalue weighted by molar-refractivity contribution is 9.10. The maximum Gasteiger partial charge on any atom is 0.312 e. The zero-order valence-corrected chi connectivity index (χ0v) is 14.8. The van der Waals surface area contributed by atoms with Crippen molar-refractivity contribution in [3.63, 3.8) is 0 Å². The van der Waals surface area contributed by atoms with E-state index in [1.54, 1.807) is 6.07 Å². The van der Waals surface area contributed by atoms with Crippen molar-refractivity contribution in [1.82, 2.24) is 10.2 Å². The van der Waals surface area contributed by atoms with Crippen molar-refractivity contribution in [3.05, 3.63) is 34.3 Å². The molecule has 0 spiro atoms. The Kier molecular flexibility index (Phi) is 6.19. The summed E-state index contributed by atoms with van der Waals surface area (Å²) in [6, 6.07) is 5.42. The number of nitrogens with two attached hydrogens (primary N) is 2. The van der Waals surface area contributed by atoms with E-state index in [0.29, 0.717) is 13.0 Å². The molecule has 1 heterocycles. The van der Waals surface area contributed by atoms with Crippen molar-refractivity contribution >= 4 is 33.8 Å². The van der Waals surface area contributed by atoms with Gasteiger partial charge in [-0.3, -0.25) is 9.59 Å². The molecule has 1 aliphatic heterocycles. The molecule has 5 N–H and O–H groups in total. The van der Waals surface area contributed by atoms with Gasteiger partial charge in [0.25, 0.3) is 0 Å². The molecule has 24 heavy (non-hydrogen) atoms. The third kappa shape index (κ3) is 4.70. The summed E-state index contributed by atoms with van der Waals surface area (Å²) in [6.07, 6.45) is 2.29. The summed E-state index contributed by atoms with van der Waals surface area (Å²) in [7, 11) is 0. The molecule has 1 aliphatic rings. The number of amides is 4. The topological polar surface area (TPSA) is 119 Å². The highest BCUT2D eigenvalue weighted by Gasteiger charge is 2.32. The highest BCUT2D eigenvalue weighted by atomic mass is 79.9. The van der Waals surface area contributed by atoms with Crippen molar-refractivity contribution in [2.75, 3.05) is 6.54 Å². The molecule has 4 amide bonds. The first-order chi connectivity index (χ1) is 11.4. The Hall–Kier alpha value is -2.09. The molecule has 130 valence electrons. The minimum Gasteiger partial charge on any atom is -0.368 e. The normalized spacial score (nSPS) is 18.7. The van der Waals surface area contributed by atoms with Gasteiger partial charge < -0.3 is 21.7 Å². The van der Waals surface area contributed by atoms with Gasteiger partial charge in [0.2, 0.25) is 11.8 Å². The number of hydrogen-bond acceptors (Lipinski definition) is 3. The zero-order chi connectivity index (χ0) is 17.7. The molecule has 0 radical (unpaired) electrons. The van der Waals surface area contributed by atoms with Gasteiger partial charge in [0.05, 0.1) is 12.5 Å². The van der Waals surface area contributed by atoms with E-state index in [-0.39, 0.29) is 12.3 Å². The number of carbonyl (C=O) groups is 3. The highest BCUT2D eigenvalue weighted by Crippen LogP contribution is 2.24. The molecule has 2 rings (SSSR count). The van der Waals surface area contributed by atoms with Gasteiger partial charge in [-0.25, -0.2) is 4.79 Å². The Morgan fingerprint density at radius 1 is 1.29 bits per heavy atom. The second kappa shape index (κ2) is 8.14. The van der Waals surface area contributed by atoms with Gasteiger partial charge >= 0.3 is 6.03 Å². The molecular weight excluding hydrogens is 376 g/mol. The van der Waals surface area contributed by atoms with Gasteiger partial charge in [-0.05, 0) is 37.0 Å². The summed E-state index contributed by atoms with van der Waals surface area (Å²) in [5, 5.41) is 2.59. The molecule has 1 saturated heterocycles. The third-order valence-corrected chi connectivity index (χ3v) is 4.59. The van der Waals surface area contributed by atoms with E-state index in [9.17, 15) is 14.4 Å². The lowest BCUT2D eigenvalue weighted by Crippen LogP contribution is -2.51. The number of primary amides is 2. The number of hydrogen-bond donors (Lipinski definition) is 3. The van der Waals surface area contributed by atoms with Crippen LogP contribution in [0.3, 0.4) is 0 Å². The van der Waals surface area contributed by atoms with Crippen molar-refractivity contribution in [2.24, 2.45) is 11.5 Å². The van der Waals surface area contributed by atoms with Crippen LogP contribution in [0.2, 0.25) is 0 Å². The predicted octanol–water partition coefficient (Wildman–Crippen LogP) is 1.41. The average molecular weight is 397 g/mol. The van der Waals surface area contributed by atoms with E-state index in [1.807, 2.05) is 18.2 Å². The summed E-state index contributed by atoms with van der Waals surface area (Å²) in [5.74, 6) is -0.720. The lowest BCUT2D eigenvalue weighted by atomic mass is 9.98. The SMILES string of the molecule is NC(=O)N[C@H](CC(=O)N1CCCC[C@H]1C(N)=O)c1cccc(Br)c1. The summed E-state index contributed by atoms with van der Waals surface area (Å²) >= 11 is 3.37. The van der Waals surface area contributed by atoms with E-state index >= 15 is 0 Å². The Morgan fingerprint density at radius 2 is 2.04 bits per heavy atom. The van der Waals surface area contributed by atoms with Crippen LogP contribution < -0.4 is 16.8 Å². The van der Waals surface area contributed by atoms with Gasteiger partial charge in [0, 0.05) is 11.0 Å². The fraction of sp³-hybridized carbons (Fsp3) is 0.438. The first-order valence-electron chi connectivity index (χ1n) is 7.78. The molecule has 0 bridgehead atoms. The van der Waals surface area contributed by atoms with Gasteiger partial charge in [0.15, 0.2) is 0 Å². The van der Waals surface area contributed by atoms with Crippen molar-refractivity contribution < 1.29 is 14.4 Å². The van der Waals surface area contributed by atoms with E-state index in [1.165, 1.54) is 4.90 Å². The molecule has 0 aliphatic carbocycles.